The molecular formula is C16H18N6O. The molecule has 0 saturated heterocycles. The summed E-state index contributed by atoms with van der Waals surface area (Å²) in [5, 5.41) is 3.38. The highest BCUT2D eigenvalue weighted by Gasteiger charge is 2.27. The Hall–Kier alpha value is -2.57. The van der Waals surface area contributed by atoms with Gasteiger partial charge in [0.05, 0.1) is 12.2 Å². The zero-order chi connectivity index (χ0) is 15.8. The zero-order valence-electron chi connectivity index (χ0n) is 13.0. The van der Waals surface area contributed by atoms with E-state index in [2.05, 4.69) is 29.7 Å². The van der Waals surface area contributed by atoms with Crippen LogP contribution in [0.25, 0.3) is 22.9 Å². The van der Waals surface area contributed by atoms with Crippen LogP contribution in [0.3, 0.4) is 0 Å². The van der Waals surface area contributed by atoms with E-state index >= 15 is 0 Å². The lowest BCUT2D eigenvalue weighted by Crippen LogP contribution is -2.17. The molecule has 1 saturated carbocycles. The summed E-state index contributed by atoms with van der Waals surface area (Å²) in [4.78, 5) is 29.5. The number of aryl methyl sites for hydroxylation is 1. The molecule has 0 unspecified atom stereocenters. The molecule has 2 aliphatic heterocycles. The summed E-state index contributed by atoms with van der Waals surface area (Å²) in [6, 6.07) is 0.377. The van der Waals surface area contributed by atoms with Gasteiger partial charge >= 0.3 is 0 Å². The van der Waals surface area contributed by atoms with E-state index in [0.29, 0.717) is 28.9 Å². The van der Waals surface area contributed by atoms with Gasteiger partial charge in [0.1, 0.15) is 11.3 Å². The summed E-state index contributed by atoms with van der Waals surface area (Å²) < 4.78 is 2.06. The SMILES string of the molecule is CCc1[nH]n(C2CCCC2)c2nc(-c3cnccn3)nc(=O)c1-2. The molecule has 1 aromatic heterocycles. The number of aromatic amines is 1. The van der Waals surface area contributed by atoms with Crippen molar-refractivity contribution < 1.29 is 0 Å². The third-order valence-corrected chi connectivity index (χ3v) is 4.48. The predicted octanol–water partition coefficient (Wildman–Crippen LogP) is 2.21. The van der Waals surface area contributed by atoms with Crippen molar-refractivity contribution in [3.05, 3.63) is 34.6 Å². The Morgan fingerprint density at radius 3 is 2.78 bits per heavy atom. The lowest BCUT2D eigenvalue weighted by atomic mass is 10.1. The normalized spacial score (nSPS) is 15.5. The van der Waals surface area contributed by atoms with Crippen LogP contribution in [0.2, 0.25) is 0 Å². The first-order valence-electron chi connectivity index (χ1n) is 8.05. The van der Waals surface area contributed by atoms with Crippen LogP contribution in [-0.4, -0.2) is 29.7 Å². The molecule has 0 bridgehead atoms. The second-order valence-electron chi connectivity index (χ2n) is 5.89. The highest BCUT2D eigenvalue weighted by molar-refractivity contribution is 5.63. The maximum Gasteiger partial charge on any atom is 0.284 e. The molecule has 0 aromatic carbocycles. The van der Waals surface area contributed by atoms with Crippen molar-refractivity contribution in [3.63, 3.8) is 0 Å². The summed E-state index contributed by atoms with van der Waals surface area (Å²) in [6.07, 6.45) is 10.1. The number of nitrogens with zero attached hydrogens (tertiary/aromatic N) is 5. The Kier molecular flexibility index (Phi) is 3.40. The molecule has 23 heavy (non-hydrogen) atoms. The summed E-state index contributed by atoms with van der Waals surface area (Å²) >= 11 is 0. The monoisotopic (exact) mass is 310 g/mol. The molecular weight excluding hydrogens is 292 g/mol. The lowest BCUT2D eigenvalue weighted by Gasteiger charge is -2.13. The minimum absolute atomic E-state index is 0.250. The standard InChI is InChI=1S/C16H18N6O/c1-2-11-13-15(22(21-11)10-5-3-4-6-10)19-14(20-16(13)23)12-9-17-7-8-18-12/h7-10,21H,2-6H2,1H3. The van der Waals surface area contributed by atoms with E-state index in [9.17, 15) is 4.79 Å². The van der Waals surface area contributed by atoms with Gasteiger partial charge in [-0.15, -0.1) is 0 Å². The molecule has 1 aromatic rings. The zero-order valence-corrected chi connectivity index (χ0v) is 13.0. The van der Waals surface area contributed by atoms with Crippen LogP contribution in [-0.2, 0) is 6.42 Å². The van der Waals surface area contributed by atoms with Gasteiger partial charge in [0.2, 0.25) is 0 Å². The van der Waals surface area contributed by atoms with E-state index in [0.717, 1.165) is 25.0 Å². The van der Waals surface area contributed by atoms with E-state index in [-0.39, 0.29) is 5.56 Å². The minimum atomic E-state index is -0.250. The molecule has 0 spiro atoms. The van der Waals surface area contributed by atoms with Gasteiger partial charge in [-0.2, -0.15) is 4.98 Å². The van der Waals surface area contributed by atoms with Crippen molar-refractivity contribution in [3.8, 4) is 22.9 Å². The van der Waals surface area contributed by atoms with Crippen molar-refractivity contribution in [2.24, 2.45) is 0 Å². The Bertz CT molecular complexity index is 847. The van der Waals surface area contributed by atoms with E-state index in [1.165, 1.54) is 12.8 Å². The van der Waals surface area contributed by atoms with Gasteiger partial charge in [0.15, 0.2) is 11.6 Å². The highest BCUT2D eigenvalue weighted by atomic mass is 16.1. The quantitative estimate of drug-likeness (QED) is 0.801. The van der Waals surface area contributed by atoms with Crippen molar-refractivity contribution in [1.82, 2.24) is 29.7 Å². The third-order valence-electron chi connectivity index (χ3n) is 4.48. The first-order valence-corrected chi connectivity index (χ1v) is 8.05. The lowest BCUT2D eigenvalue weighted by molar-refractivity contribution is 0.464. The van der Waals surface area contributed by atoms with E-state index in [1.807, 2.05) is 6.92 Å². The van der Waals surface area contributed by atoms with Crippen molar-refractivity contribution >= 4 is 0 Å². The topological polar surface area (TPSA) is 89.3 Å². The van der Waals surface area contributed by atoms with E-state index < -0.39 is 0 Å². The Morgan fingerprint density at radius 2 is 2.09 bits per heavy atom. The van der Waals surface area contributed by atoms with Gasteiger partial charge in [-0.3, -0.25) is 19.6 Å². The third kappa shape index (κ3) is 2.32. The van der Waals surface area contributed by atoms with Crippen LogP contribution in [0, 0.1) is 0 Å². The fourth-order valence-electron chi connectivity index (χ4n) is 3.33. The average Bonchev–Trinajstić information content (AvgIpc) is 3.22. The maximum absolute atomic E-state index is 12.5. The maximum atomic E-state index is 12.5. The van der Waals surface area contributed by atoms with E-state index in [4.69, 9.17) is 0 Å². The Labute approximate surface area is 133 Å². The van der Waals surface area contributed by atoms with Crippen LogP contribution in [0.15, 0.2) is 23.4 Å². The largest absolute Gasteiger partial charge is 0.300 e. The van der Waals surface area contributed by atoms with Crippen molar-refractivity contribution in [2.45, 2.75) is 45.1 Å². The summed E-state index contributed by atoms with van der Waals surface area (Å²) in [7, 11) is 0. The summed E-state index contributed by atoms with van der Waals surface area (Å²) in [5.41, 5.74) is 1.78. The molecule has 1 aliphatic carbocycles. The molecule has 0 radical (unpaired) electrons. The van der Waals surface area contributed by atoms with E-state index in [1.54, 1.807) is 18.6 Å². The van der Waals surface area contributed by atoms with Crippen LogP contribution >= 0.6 is 0 Å². The number of rotatable bonds is 3. The number of nitrogens with one attached hydrogen (secondary N) is 1. The first-order chi connectivity index (χ1) is 11.3. The molecule has 3 aliphatic rings. The van der Waals surface area contributed by atoms with Crippen LogP contribution in [0.4, 0.5) is 0 Å². The molecule has 0 amide bonds. The fraction of sp³-hybridized carbons (Fsp3) is 0.438. The van der Waals surface area contributed by atoms with Gasteiger partial charge in [-0.05, 0) is 19.3 Å². The van der Waals surface area contributed by atoms with Crippen LogP contribution < -0.4 is 5.56 Å². The molecule has 4 rings (SSSR count). The number of hydrogen-bond donors (Lipinski definition) is 1. The summed E-state index contributed by atoms with van der Waals surface area (Å²) in [5.74, 6) is 1.03. The van der Waals surface area contributed by atoms with Gasteiger partial charge in [0, 0.05) is 18.1 Å². The van der Waals surface area contributed by atoms with Gasteiger partial charge in [-0.25, -0.2) is 9.97 Å². The molecule has 3 heterocycles. The second kappa shape index (κ2) is 5.57. The minimum Gasteiger partial charge on any atom is -0.300 e. The van der Waals surface area contributed by atoms with Crippen molar-refractivity contribution in [1.29, 1.82) is 0 Å². The fourth-order valence-corrected chi connectivity index (χ4v) is 3.33. The molecule has 1 N–H and O–H groups in total. The number of hydrogen-bond acceptors (Lipinski definition) is 5. The molecule has 118 valence electrons. The highest BCUT2D eigenvalue weighted by Crippen LogP contribution is 2.34. The summed E-state index contributed by atoms with van der Waals surface area (Å²) in [6.45, 7) is 2.03. The Morgan fingerprint density at radius 1 is 1.26 bits per heavy atom. The van der Waals surface area contributed by atoms with Crippen LogP contribution in [0.1, 0.15) is 44.3 Å². The number of H-pyrrole nitrogens is 1. The molecule has 1 fully saturated rings. The second-order valence-corrected chi connectivity index (χ2v) is 5.89. The van der Waals surface area contributed by atoms with Gasteiger partial charge in [0.25, 0.3) is 5.56 Å². The van der Waals surface area contributed by atoms with Gasteiger partial charge < -0.3 is 0 Å². The first kappa shape index (κ1) is 14.0. The van der Waals surface area contributed by atoms with Crippen molar-refractivity contribution in [2.75, 3.05) is 0 Å². The predicted molar refractivity (Wildman–Crippen MR) is 85.2 cm³/mol. The number of aromatic nitrogens is 6. The molecule has 7 heteroatoms. The van der Waals surface area contributed by atoms with Crippen LogP contribution in [0.5, 0.6) is 0 Å². The Balaban J connectivity index is 1.93. The molecule has 7 nitrogen and oxygen atoms in total. The molecule has 0 atom stereocenters. The average molecular weight is 310 g/mol. The smallest absolute Gasteiger partial charge is 0.284 e. The number of fused-ring (bicyclic) bond motifs is 1. The van der Waals surface area contributed by atoms with Gasteiger partial charge in [-0.1, -0.05) is 19.8 Å².